The van der Waals surface area contributed by atoms with Gasteiger partial charge in [-0.1, -0.05) is 30.3 Å². The van der Waals surface area contributed by atoms with Crippen molar-refractivity contribution in [2.45, 2.75) is 25.9 Å². The van der Waals surface area contributed by atoms with Gasteiger partial charge >= 0.3 is 5.97 Å². The van der Waals surface area contributed by atoms with E-state index < -0.39 is 5.97 Å². The fourth-order valence-corrected chi connectivity index (χ4v) is 3.53. The number of benzene rings is 2. The normalized spacial score (nSPS) is 16.1. The summed E-state index contributed by atoms with van der Waals surface area (Å²) in [5, 5.41) is 2.94. The third kappa shape index (κ3) is 5.17. The zero-order valence-electron chi connectivity index (χ0n) is 17.2. The van der Waals surface area contributed by atoms with Crippen molar-refractivity contribution in [1.82, 2.24) is 10.2 Å². The Morgan fingerprint density at radius 3 is 2.53 bits per heavy atom. The van der Waals surface area contributed by atoms with Crippen LogP contribution in [0.4, 0.5) is 0 Å². The summed E-state index contributed by atoms with van der Waals surface area (Å²) in [6.45, 7) is 1.16. The molecule has 1 aliphatic heterocycles. The number of hydrogen-bond acceptors (Lipinski definition) is 5. The number of methoxy groups -OCH3 is 2. The maximum Gasteiger partial charge on any atom is 0.337 e. The lowest BCUT2D eigenvalue weighted by Gasteiger charge is -2.32. The molecule has 0 aliphatic carbocycles. The van der Waals surface area contributed by atoms with Gasteiger partial charge in [-0.25, -0.2) is 4.79 Å². The molecule has 0 aromatic heterocycles. The second kappa shape index (κ2) is 9.91. The minimum absolute atomic E-state index is 0.0448. The van der Waals surface area contributed by atoms with Gasteiger partial charge < -0.3 is 19.7 Å². The van der Waals surface area contributed by atoms with E-state index in [-0.39, 0.29) is 17.7 Å². The van der Waals surface area contributed by atoms with E-state index in [1.54, 1.807) is 36.3 Å². The first-order valence-electron chi connectivity index (χ1n) is 9.86. The average molecular weight is 410 g/mol. The number of nitrogens with one attached hydrogen (secondary N) is 1. The molecule has 7 heteroatoms. The number of amides is 2. The van der Waals surface area contributed by atoms with Crippen LogP contribution in [0, 0.1) is 5.92 Å². The molecule has 0 bridgehead atoms. The Kier molecular flexibility index (Phi) is 7.06. The van der Waals surface area contributed by atoms with Crippen LogP contribution in [0.5, 0.6) is 5.75 Å². The number of rotatable bonds is 7. The molecular formula is C23H26N2O5. The smallest absolute Gasteiger partial charge is 0.337 e. The Morgan fingerprint density at radius 1 is 1.10 bits per heavy atom. The molecule has 2 aromatic rings. The van der Waals surface area contributed by atoms with Gasteiger partial charge in [-0.05, 0) is 30.2 Å². The minimum atomic E-state index is -0.396. The summed E-state index contributed by atoms with van der Waals surface area (Å²) in [6, 6.07) is 14.5. The van der Waals surface area contributed by atoms with Gasteiger partial charge in [0.05, 0.1) is 25.7 Å². The van der Waals surface area contributed by atoms with Crippen molar-refractivity contribution in [2.75, 3.05) is 20.8 Å². The predicted molar refractivity (Wildman–Crippen MR) is 111 cm³/mol. The van der Waals surface area contributed by atoms with Crippen molar-refractivity contribution in [2.24, 2.45) is 5.92 Å². The standard InChI is InChI=1S/C23H26N2O5/c1-29-20-6-4-3-5-18(20)14-25-15-19(11-12-21(25)26)22(27)24-13-16-7-9-17(10-8-16)23(28)30-2/h3-10,19H,11-15H2,1-2H3,(H,24,27)/t19-/m1/s1. The molecule has 1 aliphatic rings. The highest BCUT2D eigenvalue weighted by atomic mass is 16.5. The van der Waals surface area contributed by atoms with E-state index >= 15 is 0 Å². The summed E-state index contributed by atoms with van der Waals surface area (Å²) >= 11 is 0. The van der Waals surface area contributed by atoms with E-state index in [2.05, 4.69) is 10.1 Å². The largest absolute Gasteiger partial charge is 0.496 e. The number of nitrogens with zero attached hydrogens (tertiary/aromatic N) is 1. The molecule has 1 heterocycles. The molecule has 1 atom stereocenters. The lowest BCUT2D eigenvalue weighted by molar-refractivity contribution is -0.139. The molecule has 1 N–H and O–H groups in total. The number of para-hydroxylation sites is 1. The molecule has 0 unspecified atom stereocenters. The molecule has 1 saturated heterocycles. The Labute approximate surface area is 176 Å². The van der Waals surface area contributed by atoms with Crippen molar-refractivity contribution in [3.8, 4) is 5.75 Å². The van der Waals surface area contributed by atoms with E-state index in [4.69, 9.17) is 4.74 Å². The summed E-state index contributed by atoms with van der Waals surface area (Å²) in [6.07, 6.45) is 0.884. The molecule has 0 spiro atoms. The molecule has 3 rings (SSSR count). The second-order valence-corrected chi connectivity index (χ2v) is 7.23. The van der Waals surface area contributed by atoms with Crippen molar-refractivity contribution in [3.63, 3.8) is 0 Å². The zero-order valence-corrected chi connectivity index (χ0v) is 17.2. The Balaban J connectivity index is 1.57. The highest BCUT2D eigenvalue weighted by molar-refractivity contribution is 5.89. The maximum absolute atomic E-state index is 12.7. The summed E-state index contributed by atoms with van der Waals surface area (Å²) in [5.74, 6) is 0.0412. The Bertz CT molecular complexity index is 910. The predicted octanol–water partition coefficient (Wildman–Crippen LogP) is 2.54. The fraction of sp³-hybridized carbons (Fsp3) is 0.348. The van der Waals surface area contributed by atoms with Gasteiger partial charge in [-0.2, -0.15) is 0 Å². The van der Waals surface area contributed by atoms with Gasteiger partial charge in [0.15, 0.2) is 0 Å². The van der Waals surface area contributed by atoms with Crippen LogP contribution in [-0.2, 0) is 27.4 Å². The van der Waals surface area contributed by atoms with Gasteiger partial charge in [0.1, 0.15) is 5.75 Å². The number of piperidine rings is 1. The number of hydrogen-bond donors (Lipinski definition) is 1. The minimum Gasteiger partial charge on any atom is -0.496 e. The van der Waals surface area contributed by atoms with Crippen LogP contribution >= 0.6 is 0 Å². The van der Waals surface area contributed by atoms with E-state index in [0.717, 1.165) is 16.9 Å². The van der Waals surface area contributed by atoms with Crippen LogP contribution in [0.2, 0.25) is 0 Å². The second-order valence-electron chi connectivity index (χ2n) is 7.23. The third-order valence-corrected chi connectivity index (χ3v) is 5.27. The van der Waals surface area contributed by atoms with Crippen molar-refractivity contribution in [1.29, 1.82) is 0 Å². The van der Waals surface area contributed by atoms with E-state index in [1.165, 1.54) is 7.11 Å². The summed E-state index contributed by atoms with van der Waals surface area (Å²) < 4.78 is 10.0. The quantitative estimate of drug-likeness (QED) is 0.709. The zero-order chi connectivity index (χ0) is 21.5. The monoisotopic (exact) mass is 410 g/mol. The van der Waals surface area contributed by atoms with Gasteiger partial charge in [-0.15, -0.1) is 0 Å². The van der Waals surface area contributed by atoms with E-state index in [1.807, 2.05) is 24.3 Å². The summed E-state index contributed by atoms with van der Waals surface area (Å²) in [4.78, 5) is 38.3. The topological polar surface area (TPSA) is 84.9 Å². The lowest BCUT2D eigenvalue weighted by Crippen LogP contribution is -2.45. The first-order chi connectivity index (χ1) is 14.5. The summed E-state index contributed by atoms with van der Waals surface area (Å²) in [7, 11) is 2.94. The molecule has 0 saturated carbocycles. The molecule has 2 amide bonds. The van der Waals surface area contributed by atoms with Crippen molar-refractivity contribution >= 4 is 17.8 Å². The van der Waals surface area contributed by atoms with Crippen molar-refractivity contribution in [3.05, 3.63) is 65.2 Å². The van der Waals surface area contributed by atoms with Crippen LogP contribution in [0.1, 0.15) is 34.3 Å². The number of ether oxygens (including phenoxy) is 2. The van der Waals surface area contributed by atoms with Gasteiger partial charge in [0.25, 0.3) is 0 Å². The van der Waals surface area contributed by atoms with Gasteiger partial charge in [0.2, 0.25) is 11.8 Å². The van der Waals surface area contributed by atoms with Crippen LogP contribution in [-0.4, -0.2) is 43.4 Å². The first kappa shape index (κ1) is 21.4. The molecular weight excluding hydrogens is 384 g/mol. The first-order valence-corrected chi connectivity index (χ1v) is 9.86. The van der Waals surface area contributed by atoms with Crippen LogP contribution < -0.4 is 10.1 Å². The van der Waals surface area contributed by atoms with Gasteiger partial charge in [0, 0.05) is 31.6 Å². The van der Waals surface area contributed by atoms with E-state index in [0.29, 0.717) is 38.0 Å². The number of likely N-dealkylation sites (tertiary alicyclic amines) is 1. The molecule has 158 valence electrons. The molecule has 2 aromatic carbocycles. The lowest BCUT2D eigenvalue weighted by atomic mass is 9.96. The Hall–Kier alpha value is -3.35. The van der Waals surface area contributed by atoms with Crippen LogP contribution in [0.15, 0.2) is 48.5 Å². The molecule has 1 fully saturated rings. The van der Waals surface area contributed by atoms with E-state index in [9.17, 15) is 14.4 Å². The number of carbonyl (C=O) groups is 3. The van der Waals surface area contributed by atoms with Crippen LogP contribution in [0.3, 0.4) is 0 Å². The van der Waals surface area contributed by atoms with Crippen LogP contribution in [0.25, 0.3) is 0 Å². The molecule has 7 nitrogen and oxygen atoms in total. The average Bonchev–Trinajstić information content (AvgIpc) is 2.79. The summed E-state index contributed by atoms with van der Waals surface area (Å²) in [5.41, 5.74) is 2.26. The molecule has 30 heavy (non-hydrogen) atoms. The number of carbonyl (C=O) groups excluding carboxylic acids is 3. The number of esters is 1. The maximum atomic E-state index is 12.7. The SMILES string of the molecule is COC(=O)c1ccc(CNC(=O)[C@@H]2CCC(=O)N(Cc3ccccc3OC)C2)cc1. The molecule has 0 radical (unpaired) electrons. The highest BCUT2D eigenvalue weighted by Crippen LogP contribution is 2.24. The Morgan fingerprint density at radius 2 is 1.83 bits per heavy atom. The van der Waals surface area contributed by atoms with Gasteiger partial charge in [-0.3, -0.25) is 9.59 Å². The fourth-order valence-electron chi connectivity index (χ4n) is 3.53. The highest BCUT2D eigenvalue weighted by Gasteiger charge is 2.30. The third-order valence-electron chi connectivity index (χ3n) is 5.27. The van der Waals surface area contributed by atoms with Crippen molar-refractivity contribution < 1.29 is 23.9 Å².